The third-order valence-electron chi connectivity index (χ3n) is 5.49. The first kappa shape index (κ1) is 19.6. The van der Waals surface area contributed by atoms with Crippen molar-refractivity contribution in [3.63, 3.8) is 0 Å². The molecule has 3 aromatic rings. The number of thiophene rings is 1. The molecule has 2 aromatic carbocycles. The second-order valence-electron chi connectivity index (χ2n) is 7.23. The van der Waals surface area contributed by atoms with Crippen LogP contribution < -0.4 is 0 Å². The number of carbonyl (C=O) groups excluding carboxylic acids is 1. The van der Waals surface area contributed by atoms with Crippen molar-refractivity contribution in [2.45, 2.75) is 24.7 Å². The zero-order valence-corrected chi connectivity index (χ0v) is 16.9. The molecule has 0 aliphatic heterocycles. The first-order valence-corrected chi connectivity index (χ1v) is 10.5. The number of hydrogen-bond acceptors (Lipinski definition) is 5. The number of nitrogens with zero attached hydrogens (tertiary/aromatic N) is 1. The minimum atomic E-state index is -1.65. The largest absolute Gasteiger partial charge is 0.448 e. The fourth-order valence-electron chi connectivity index (χ4n) is 3.92. The van der Waals surface area contributed by atoms with Crippen molar-refractivity contribution in [3.8, 4) is 11.1 Å². The maximum Gasteiger partial charge on any atom is 0.409 e. The van der Waals surface area contributed by atoms with Gasteiger partial charge < -0.3 is 19.8 Å². The van der Waals surface area contributed by atoms with E-state index in [0.29, 0.717) is 6.42 Å². The van der Waals surface area contributed by atoms with Crippen molar-refractivity contribution in [2.24, 2.45) is 0 Å². The Balaban J connectivity index is 1.48. The van der Waals surface area contributed by atoms with Gasteiger partial charge in [0.1, 0.15) is 6.61 Å². The van der Waals surface area contributed by atoms with Crippen LogP contribution >= 0.6 is 11.3 Å². The van der Waals surface area contributed by atoms with Gasteiger partial charge >= 0.3 is 6.09 Å². The Morgan fingerprint density at radius 2 is 1.69 bits per heavy atom. The Labute approximate surface area is 173 Å². The fourth-order valence-corrected chi connectivity index (χ4v) is 4.61. The Bertz CT molecular complexity index is 941. The van der Waals surface area contributed by atoms with E-state index in [9.17, 15) is 15.0 Å². The highest BCUT2D eigenvalue weighted by Gasteiger charge is 2.31. The summed E-state index contributed by atoms with van der Waals surface area (Å²) in [4.78, 5) is 14.0. The first-order valence-electron chi connectivity index (χ1n) is 9.51. The molecule has 150 valence electrons. The normalized spacial score (nSPS) is 13.8. The number of rotatable bonds is 6. The van der Waals surface area contributed by atoms with E-state index < -0.39 is 18.4 Å². The van der Waals surface area contributed by atoms with Crippen LogP contribution in [-0.2, 0) is 11.2 Å². The van der Waals surface area contributed by atoms with Crippen LogP contribution in [0.4, 0.5) is 4.79 Å². The molecule has 1 heterocycles. The number of aliphatic hydroxyl groups excluding tert-OH is 1. The first-order chi connectivity index (χ1) is 14.1. The monoisotopic (exact) mass is 409 g/mol. The second kappa shape index (κ2) is 8.37. The van der Waals surface area contributed by atoms with Crippen LogP contribution in [0.2, 0.25) is 0 Å². The molecule has 0 spiro atoms. The summed E-state index contributed by atoms with van der Waals surface area (Å²) in [6.07, 6.45) is -1.87. The van der Waals surface area contributed by atoms with E-state index in [4.69, 9.17) is 4.74 Å². The third-order valence-corrected chi connectivity index (χ3v) is 6.22. The average Bonchev–Trinajstić information content (AvgIpc) is 3.36. The van der Waals surface area contributed by atoms with E-state index in [1.54, 1.807) is 0 Å². The lowest BCUT2D eigenvalue weighted by molar-refractivity contribution is -0.0917. The minimum Gasteiger partial charge on any atom is -0.448 e. The van der Waals surface area contributed by atoms with Crippen LogP contribution in [0.1, 0.15) is 22.6 Å². The van der Waals surface area contributed by atoms with Gasteiger partial charge in [-0.15, -0.1) is 0 Å². The predicted molar refractivity (Wildman–Crippen MR) is 113 cm³/mol. The Morgan fingerprint density at radius 1 is 1.07 bits per heavy atom. The van der Waals surface area contributed by atoms with Crippen LogP contribution in [0.15, 0.2) is 65.4 Å². The van der Waals surface area contributed by atoms with Crippen molar-refractivity contribution in [2.75, 3.05) is 13.7 Å². The van der Waals surface area contributed by atoms with Gasteiger partial charge in [0.05, 0.1) is 6.04 Å². The Hall–Kier alpha value is -2.67. The lowest BCUT2D eigenvalue weighted by Gasteiger charge is -2.29. The Kier molecular flexibility index (Phi) is 5.67. The van der Waals surface area contributed by atoms with Crippen molar-refractivity contribution in [1.29, 1.82) is 0 Å². The van der Waals surface area contributed by atoms with Crippen molar-refractivity contribution in [1.82, 2.24) is 4.90 Å². The smallest absolute Gasteiger partial charge is 0.409 e. The molecule has 6 heteroatoms. The summed E-state index contributed by atoms with van der Waals surface area (Å²) in [5, 5.41) is 23.4. The molecule has 1 amide bonds. The number of likely N-dealkylation sites (N-methyl/N-ethyl adjacent to an activating group) is 1. The number of hydrogen-bond donors (Lipinski definition) is 2. The summed E-state index contributed by atoms with van der Waals surface area (Å²) in [5.41, 5.74) is 5.56. The highest BCUT2D eigenvalue weighted by atomic mass is 32.1. The molecule has 0 saturated carbocycles. The lowest BCUT2D eigenvalue weighted by Crippen LogP contribution is -2.46. The highest BCUT2D eigenvalue weighted by Crippen LogP contribution is 2.44. The summed E-state index contributed by atoms with van der Waals surface area (Å²) < 4.78 is 5.62. The summed E-state index contributed by atoms with van der Waals surface area (Å²) in [5.74, 6) is -0.0332. The molecule has 4 rings (SSSR count). The molecule has 1 aliphatic carbocycles. The quantitative estimate of drug-likeness (QED) is 0.607. The topological polar surface area (TPSA) is 70.0 Å². The third kappa shape index (κ3) is 3.92. The molecular formula is C23H23NO4S. The molecular weight excluding hydrogens is 386 g/mol. The van der Waals surface area contributed by atoms with E-state index in [0.717, 1.165) is 16.7 Å². The number of ether oxygens (including phenoxy) is 1. The van der Waals surface area contributed by atoms with Gasteiger partial charge in [0.2, 0.25) is 0 Å². The van der Waals surface area contributed by atoms with Crippen LogP contribution in [0.25, 0.3) is 11.1 Å². The number of fused-ring (bicyclic) bond motifs is 3. The molecule has 2 N–H and O–H groups in total. The van der Waals surface area contributed by atoms with Gasteiger partial charge in [0.25, 0.3) is 0 Å². The molecule has 0 saturated heterocycles. The van der Waals surface area contributed by atoms with Gasteiger partial charge in [-0.25, -0.2) is 4.79 Å². The minimum absolute atomic E-state index is 0.0332. The van der Waals surface area contributed by atoms with Crippen LogP contribution in [0.3, 0.4) is 0 Å². The van der Waals surface area contributed by atoms with E-state index in [1.807, 2.05) is 41.1 Å². The highest BCUT2D eigenvalue weighted by molar-refractivity contribution is 7.07. The molecule has 1 aromatic heterocycles. The zero-order chi connectivity index (χ0) is 20.4. The van der Waals surface area contributed by atoms with E-state index in [-0.39, 0.29) is 12.5 Å². The average molecular weight is 410 g/mol. The Morgan fingerprint density at radius 3 is 2.24 bits per heavy atom. The SMILES string of the molecule is CN(C(=O)OCC1c2ccccc2-c2ccccc21)[C@@H](Cc1ccsc1)C(O)O. The summed E-state index contributed by atoms with van der Waals surface area (Å²) >= 11 is 1.53. The molecule has 1 atom stereocenters. The van der Waals surface area contributed by atoms with Gasteiger partial charge in [-0.2, -0.15) is 11.3 Å². The van der Waals surface area contributed by atoms with Crippen LogP contribution in [0, 0.1) is 0 Å². The predicted octanol–water partition coefficient (Wildman–Crippen LogP) is 3.85. The molecule has 5 nitrogen and oxygen atoms in total. The van der Waals surface area contributed by atoms with Gasteiger partial charge in [-0.3, -0.25) is 0 Å². The number of aliphatic hydroxyl groups is 2. The lowest BCUT2D eigenvalue weighted by atomic mass is 9.98. The van der Waals surface area contributed by atoms with Crippen molar-refractivity contribution in [3.05, 3.63) is 82.0 Å². The fraction of sp³-hybridized carbons (Fsp3) is 0.261. The van der Waals surface area contributed by atoms with Crippen molar-refractivity contribution < 1.29 is 19.7 Å². The number of amides is 1. The number of benzene rings is 2. The number of carbonyl (C=O) groups is 1. The molecule has 0 bridgehead atoms. The molecule has 1 aliphatic rings. The van der Waals surface area contributed by atoms with Gasteiger partial charge in [0.15, 0.2) is 6.29 Å². The van der Waals surface area contributed by atoms with Gasteiger partial charge in [-0.05, 0) is 51.1 Å². The summed E-state index contributed by atoms with van der Waals surface area (Å²) in [7, 11) is 1.54. The zero-order valence-electron chi connectivity index (χ0n) is 16.1. The molecule has 29 heavy (non-hydrogen) atoms. The maximum atomic E-state index is 12.7. The molecule has 0 unspecified atom stereocenters. The molecule has 0 fully saturated rings. The van der Waals surface area contributed by atoms with Gasteiger partial charge in [0, 0.05) is 13.0 Å². The van der Waals surface area contributed by atoms with Crippen molar-refractivity contribution >= 4 is 17.4 Å². The van der Waals surface area contributed by atoms with E-state index in [2.05, 4.69) is 24.3 Å². The van der Waals surface area contributed by atoms with Gasteiger partial charge in [-0.1, -0.05) is 48.5 Å². The maximum absolute atomic E-state index is 12.7. The van der Waals surface area contributed by atoms with E-state index in [1.165, 1.54) is 34.4 Å². The summed E-state index contributed by atoms with van der Waals surface area (Å²) in [6, 6.07) is 17.4. The second-order valence-corrected chi connectivity index (χ2v) is 8.01. The summed E-state index contributed by atoms with van der Waals surface area (Å²) in [6.45, 7) is 0.198. The standard InChI is InChI=1S/C23H23NO4S/c1-24(21(22(25)26)12-15-10-11-29-14-15)23(27)28-13-20-18-8-4-2-6-16(18)17-7-3-5-9-19(17)20/h2-11,14,20-22,25-26H,12-13H2,1H3/t21-/m0/s1. The van der Waals surface area contributed by atoms with Crippen LogP contribution in [0.5, 0.6) is 0 Å². The molecule has 0 radical (unpaired) electrons. The van der Waals surface area contributed by atoms with E-state index >= 15 is 0 Å². The van der Waals surface area contributed by atoms with Crippen LogP contribution in [-0.4, -0.2) is 47.2 Å².